The van der Waals surface area contributed by atoms with Crippen molar-refractivity contribution in [2.24, 2.45) is 0 Å². The SMILES string of the molecule is Cc1ccc(NCc2nnc(-c3ccc(F)cc3)o2)cc1F. The molecule has 0 atom stereocenters. The first-order chi connectivity index (χ1) is 10.6. The summed E-state index contributed by atoms with van der Waals surface area (Å²) < 4.78 is 31.8. The number of nitrogens with one attached hydrogen (secondary N) is 1. The minimum Gasteiger partial charge on any atom is -0.419 e. The molecule has 4 nitrogen and oxygen atoms in total. The van der Waals surface area contributed by atoms with Gasteiger partial charge in [0.15, 0.2) is 0 Å². The van der Waals surface area contributed by atoms with E-state index >= 15 is 0 Å². The molecule has 3 aromatic rings. The van der Waals surface area contributed by atoms with Crippen LogP contribution in [-0.2, 0) is 6.54 Å². The van der Waals surface area contributed by atoms with Gasteiger partial charge in [-0.2, -0.15) is 0 Å². The number of aryl methyl sites for hydroxylation is 1. The van der Waals surface area contributed by atoms with Gasteiger partial charge in [0, 0.05) is 11.3 Å². The summed E-state index contributed by atoms with van der Waals surface area (Å²) in [6.45, 7) is 1.97. The first-order valence-corrected chi connectivity index (χ1v) is 6.70. The lowest BCUT2D eigenvalue weighted by atomic mass is 10.2. The molecular formula is C16H13F2N3O. The van der Waals surface area contributed by atoms with Gasteiger partial charge in [-0.3, -0.25) is 0 Å². The molecule has 0 spiro atoms. The summed E-state index contributed by atoms with van der Waals surface area (Å²) in [6.07, 6.45) is 0. The van der Waals surface area contributed by atoms with E-state index in [4.69, 9.17) is 4.42 Å². The molecule has 3 rings (SSSR count). The van der Waals surface area contributed by atoms with Gasteiger partial charge >= 0.3 is 0 Å². The van der Waals surface area contributed by atoms with E-state index in [1.807, 2.05) is 0 Å². The molecule has 0 unspecified atom stereocenters. The van der Waals surface area contributed by atoms with E-state index in [0.717, 1.165) is 0 Å². The standard InChI is InChI=1S/C16H13F2N3O/c1-10-2-7-13(8-14(10)18)19-9-15-20-21-16(22-15)11-3-5-12(17)6-4-11/h2-8,19H,9H2,1H3. The number of hydrogen-bond donors (Lipinski definition) is 1. The number of aromatic nitrogens is 2. The molecule has 0 bridgehead atoms. The van der Waals surface area contributed by atoms with Crippen molar-refractivity contribution in [2.75, 3.05) is 5.32 Å². The Balaban J connectivity index is 1.69. The number of anilines is 1. The van der Waals surface area contributed by atoms with Gasteiger partial charge in [-0.15, -0.1) is 10.2 Å². The fourth-order valence-corrected chi connectivity index (χ4v) is 1.91. The van der Waals surface area contributed by atoms with Crippen molar-refractivity contribution in [1.82, 2.24) is 10.2 Å². The summed E-state index contributed by atoms with van der Waals surface area (Å²) in [7, 11) is 0. The first kappa shape index (κ1) is 14.2. The molecule has 6 heteroatoms. The van der Waals surface area contributed by atoms with Crippen molar-refractivity contribution >= 4 is 5.69 Å². The molecule has 0 amide bonds. The zero-order chi connectivity index (χ0) is 15.5. The van der Waals surface area contributed by atoms with E-state index in [2.05, 4.69) is 15.5 Å². The van der Waals surface area contributed by atoms with Gasteiger partial charge in [-0.05, 0) is 48.9 Å². The van der Waals surface area contributed by atoms with Crippen LogP contribution in [0.5, 0.6) is 0 Å². The molecule has 112 valence electrons. The van der Waals surface area contributed by atoms with Crippen LogP contribution in [0.4, 0.5) is 14.5 Å². The fourth-order valence-electron chi connectivity index (χ4n) is 1.91. The van der Waals surface area contributed by atoms with Gasteiger partial charge in [0.25, 0.3) is 0 Å². The highest BCUT2D eigenvalue weighted by Crippen LogP contribution is 2.19. The molecule has 0 aliphatic rings. The molecule has 0 aliphatic heterocycles. The van der Waals surface area contributed by atoms with Gasteiger partial charge in [-0.25, -0.2) is 8.78 Å². The van der Waals surface area contributed by atoms with E-state index in [1.54, 1.807) is 31.2 Å². The Morgan fingerprint density at radius 3 is 2.55 bits per heavy atom. The Morgan fingerprint density at radius 1 is 1.05 bits per heavy atom. The molecule has 0 radical (unpaired) electrons. The maximum atomic E-state index is 13.4. The lowest BCUT2D eigenvalue weighted by Gasteiger charge is -2.04. The lowest BCUT2D eigenvalue weighted by molar-refractivity contribution is 0.514. The third kappa shape index (κ3) is 3.11. The number of rotatable bonds is 4. The summed E-state index contributed by atoms with van der Waals surface area (Å²) in [5.41, 5.74) is 1.85. The van der Waals surface area contributed by atoms with Crippen LogP contribution in [0.15, 0.2) is 46.9 Å². The highest BCUT2D eigenvalue weighted by molar-refractivity contribution is 5.52. The fraction of sp³-hybridized carbons (Fsp3) is 0.125. The second-order valence-electron chi connectivity index (χ2n) is 4.83. The third-order valence-corrected chi connectivity index (χ3v) is 3.17. The van der Waals surface area contributed by atoms with Crippen LogP contribution in [0.1, 0.15) is 11.5 Å². The van der Waals surface area contributed by atoms with Crippen molar-refractivity contribution in [3.05, 3.63) is 65.6 Å². The van der Waals surface area contributed by atoms with E-state index in [-0.39, 0.29) is 18.2 Å². The van der Waals surface area contributed by atoms with E-state index in [0.29, 0.717) is 28.6 Å². The van der Waals surface area contributed by atoms with E-state index in [9.17, 15) is 8.78 Å². The van der Waals surface area contributed by atoms with Crippen molar-refractivity contribution in [3.8, 4) is 11.5 Å². The van der Waals surface area contributed by atoms with Gasteiger partial charge in [0.05, 0.1) is 6.54 Å². The van der Waals surface area contributed by atoms with Crippen molar-refractivity contribution in [2.45, 2.75) is 13.5 Å². The third-order valence-electron chi connectivity index (χ3n) is 3.17. The molecule has 22 heavy (non-hydrogen) atoms. The summed E-state index contributed by atoms with van der Waals surface area (Å²) >= 11 is 0. The topological polar surface area (TPSA) is 51.0 Å². The molecule has 0 saturated carbocycles. The highest BCUT2D eigenvalue weighted by atomic mass is 19.1. The smallest absolute Gasteiger partial charge is 0.247 e. The largest absolute Gasteiger partial charge is 0.419 e. The summed E-state index contributed by atoms with van der Waals surface area (Å²) in [5.74, 6) is 0.0706. The summed E-state index contributed by atoms with van der Waals surface area (Å²) in [5, 5.41) is 10.8. The molecule has 1 N–H and O–H groups in total. The van der Waals surface area contributed by atoms with E-state index in [1.165, 1.54) is 18.2 Å². The van der Waals surface area contributed by atoms with Crippen LogP contribution in [0.2, 0.25) is 0 Å². The molecule has 0 fully saturated rings. The first-order valence-electron chi connectivity index (χ1n) is 6.70. The number of nitrogens with zero attached hydrogens (tertiary/aromatic N) is 2. The molecule has 1 heterocycles. The minimum absolute atomic E-state index is 0.274. The second-order valence-corrected chi connectivity index (χ2v) is 4.83. The molecule has 0 saturated heterocycles. The Labute approximate surface area is 125 Å². The Bertz CT molecular complexity index is 784. The Morgan fingerprint density at radius 2 is 1.82 bits per heavy atom. The molecule has 2 aromatic carbocycles. The van der Waals surface area contributed by atoms with E-state index < -0.39 is 0 Å². The summed E-state index contributed by atoms with van der Waals surface area (Å²) in [6, 6.07) is 10.7. The van der Waals surface area contributed by atoms with Gasteiger partial charge in [0.2, 0.25) is 11.8 Å². The molecular weight excluding hydrogens is 288 g/mol. The van der Waals surface area contributed by atoms with Crippen molar-refractivity contribution < 1.29 is 13.2 Å². The quantitative estimate of drug-likeness (QED) is 0.793. The minimum atomic E-state index is -0.327. The van der Waals surface area contributed by atoms with Gasteiger partial charge < -0.3 is 9.73 Å². The monoisotopic (exact) mass is 301 g/mol. The second kappa shape index (κ2) is 5.93. The normalized spacial score (nSPS) is 10.7. The lowest BCUT2D eigenvalue weighted by Crippen LogP contribution is -2.00. The van der Waals surface area contributed by atoms with Crippen LogP contribution in [0, 0.1) is 18.6 Å². The number of halogens is 2. The van der Waals surface area contributed by atoms with Crippen molar-refractivity contribution in [1.29, 1.82) is 0 Å². The number of benzene rings is 2. The average molecular weight is 301 g/mol. The predicted octanol–water partition coefficient (Wildman–Crippen LogP) is 3.94. The highest BCUT2D eigenvalue weighted by Gasteiger charge is 2.09. The zero-order valence-electron chi connectivity index (χ0n) is 11.8. The van der Waals surface area contributed by atoms with Gasteiger partial charge in [0.1, 0.15) is 11.6 Å². The maximum Gasteiger partial charge on any atom is 0.247 e. The van der Waals surface area contributed by atoms with Crippen LogP contribution in [-0.4, -0.2) is 10.2 Å². The Hall–Kier alpha value is -2.76. The average Bonchev–Trinajstić information content (AvgIpc) is 2.98. The van der Waals surface area contributed by atoms with Gasteiger partial charge in [-0.1, -0.05) is 6.07 Å². The van der Waals surface area contributed by atoms with Crippen LogP contribution < -0.4 is 5.32 Å². The summed E-state index contributed by atoms with van der Waals surface area (Å²) in [4.78, 5) is 0. The van der Waals surface area contributed by atoms with Crippen LogP contribution in [0.3, 0.4) is 0 Å². The number of hydrogen-bond acceptors (Lipinski definition) is 4. The molecule has 1 aromatic heterocycles. The zero-order valence-corrected chi connectivity index (χ0v) is 11.8. The predicted molar refractivity (Wildman–Crippen MR) is 78.2 cm³/mol. The van der Waals surface area contributed by atoms with Crippen molar-refractivity contribution in [3.63, 3.8) is 0 Å². The maximum absolute atomic E-state index is 13.4. The van der Waals surface area contributed by atoms with Crippen LogP contribution in [0.25, 0.3) is 11.5 Å². The molecule has 0 aliphatic carbocycles. The Kier molecular flexibility index (Phi) is 3.82. The van der Waals surface area contributed by atoms with Crippen LogP contribution >= 0.6 is 0 Å².